The van der Waals surface area contributed by atoms with E-state index < -0.39 is 6.04 Å². The molecule has 0 aromatic heterocycles. The van der Waals surface area contributed by atoms with Crippen LogP contribution in [0.4, 0.5) is 0 Å². The number of piperazine rings is 1. The Morgan fingerprint density at radius 1 is 1.00 bits per heavy atom. The van der Waals surface area contributed by atoms with Gasteiger partial charge in [0, 0.05) is 31.6 Å². The van der Waals surface area contributed by atoms with Crippen LogP contribution >= 0.6 is 0 Å². The zero-order chi connectivity index (χ0) is 18.8. The fraction of sp³-hybridized carbons (Fsp3) is 0.318. The summed E-state index contributed by atoms with van der Waals surface area (Å²) in [6, 6.07) is 19.6. The smallest absolute Gasteiger partial charge is 0.254 e. The number of fused-ring (bicyclic) bond motifs is 1. The number of hydrazone groups is 1. The number of hydrogen-bond donors (Lipinski definition) is 0. The van der Waals surface area contributed by atoms with Gasteiger partial charge in [-0.1, -0.05) is 60.7 Å². The van der Waals surface area contributed by atoms with Crippen molar-refractivity contribution < 1.29 is 9.59 Å². The average molecular weight is 361 g/mol. The molecule has 0 aliphatic carbocycles. The van der Waals surface area contributed by atoms with Crippen LogP contribution in [0.25, 0.3) is 0 Å². The van der Waals surface area contributed by atoms with Crippen molar-refractivity contribution in [2.75, 3.05) is 13.1 Å². The lowest BCUT2D eigenvalue weighted by Gasteiger charge is -2.47. The predicted molar refractivity (Wildman–Crippen MR) is 105 cm³/mol. The van der Waals surface area contributed by atoms with Crippen molar-refractivity contribution in [1.82, 2.24) is 9.91 Å². The van der Waals surface area contributed by atoms with E-state index in [1.165, 1.54) is 0 Å². The summed E-state index contributed by atoms with van der Waals surface area (Å²) in [5.41, 5.74) is 2.32. The van der Waals surface area contributed by atoms with Gasteiger partial charge >= 0.3 is 0 Å². The maximum absolute atomic E-state index is 12.8. The molecule has 2 aromatic carbocycles. The van der Waals surface area contributed by atoms with Gasteiger partial charge < -0.3 is 4.90 Å². The van der Waals surface area contributed by atoms with Crippen LogP contribution in [-0.4, -0.2) is 53.0 Å². The number of nitrogens with zero attached hydrogens (tertiary/aromatic N) is 3. The molecule has 2 aliphatic heterocycles. The SMILES string of the molecule is CCN1CC(C(c2ccccc2)c2ccccc2)N2N=CCC(=O)C2C1=O. The Morgan fingerprint density at radius 3 is 2.15 bits per heavy atom. The second-order valence-corrected chi connectivity index (χ2v) is 6.99. The number of carbonyl (C=O) groups excluding carboxylic acids is 2. The molecule has 0 spiro atoms. The third-order valence-corrected chi connectivity index (χ3v) is 5.45. The summed E-state index contributed by atoms with van der Waals surface area (Å²) in [6.45, 7) is 3.10. The molecule has 0 radical (unpaired) electrons. The molecule has 1 fully saturated rings. The monoisotopic (exact) mass is 361 g/mol. The molecule has 2 heterocycles. The molecule has 138 valence electrons. The molecular weight excluding hydrogens is 338 g/mol. The maximum Gasteiger partial charge on any atom is 0.254 e. The lowest BCUT2D eigenvalue weighted by molar-refractivity contribution is -0.151. The third kappa shape index (κ3) is 3.14. The Balaban J connectivity index is 1.83. The second-order valence-electron chi connectivity index (χ2n) is 6.99. The van der Waals surface area contributed by atoms with Crippen LogP contribution < -0.4 is 0 Å². The number of benzene rings is 2. The van der Waals surface area contributed by atoms with E-state index in [0.717, 1.165) is 11.1 Å². The summed E-state index contributed by atoms with van der Waals surface area (Å²) in [7, 11) is 0. The van der Waals surface area contributed by atoms with E-state index >= 15 is 0 Å². The number of likely N-dealkylation sites (N-methyl/N-ethyl adjacent to an activating group) is 1. The Kier molecular flexibility index (Phi) is 4.75. The van der Waals surface area contributed by atoms with Crippen molar-refractivity contribution >= 4 is 17.9 Å². The van der Waals surface area contributed by atoms with Gasteiger partial charge in [0.15, 0.2) is 11.8 Å². The third-order valence-electron chi connectivity index (χ3n) is 5.45. The number of carbonyl (C=O) groups is 2. The quantitative estimate of drug-likeness (QED) is 0.787. The van der Waals surface area contributed by atoms with E-state index in [1.54, 1.807) is 16.1 Å². The normalized spacial score (nSPS) is 22.3. The van der Waals surface area contributed by atoms with Gasteiger partial charge in [-0.3, -0.25) is 14.6 Å². The number of amides is 1. The maximum atomic E-state index is 12.8. The number of ketones is 1. The summed E-state index contributed by atoms with van der Waals surface area (Å²) in [5, 5.41) is 6.27. The first-order valence-corrected chi connectivity index (χ1v) is 9.43. The first kappa shape index (κ1) is 17.5. The standard InChI is InChI=1S/C22H23N3O2/c1-2-24-15-18(25-21(22(24)27)19(26)13-14-23-25)20(16-9-5-3-6-10-16)17-11-7-4-8-12-17/h3-12,14,18,20-21H,2,13,15H2,1H3. The molecular formula is C22H23N3O2. The van der Waals surface area contributed by atoms with E-state index in [1.807, 2.05) is 43.3 Å². The molecule has 5 heteroatoms. The second kappa shape index (κ2) is 7.35. The van der Waals surface area contributed by atoms with Gasteiger partial charge in [-0.05, 0) is 18.1 Å². The highest BCUT2D eigenvalue weighted by atomic mass is 16.2. The Labute approximate surface area is 159 Å². The Hall–Kier alpha value is -2.95. The highest BCUT2D eigenvalue weighted by Gasteiger charge is 2.47. The highest BCUT2D eigenvalue weighted by Crippen LogP contribution is 2.36. The molecule has 27 heavy (non-hydrogen) atoms. The van der Waals surface area contributed by atoms with Gasteiger partial charge in [0.2, 0.25) is 0 Å². The molecule has 0 N–H and O–H groups in total. The largest absolute Gasteiger partial charge is 0.339 e. The molecule has 2 aromatic rings. The van der Waals surface area contributed by atoms with Crippen molar-refractivity contribution in [3.05, 3.63) is 71.8 Å². The van der Waals surface area contributed by atoms with Crippen molar-refractivity contribution in [1.29, 1.82) is 0 Å². The summed E-state index contributed by atoms with van der Waals surface area (Å²) in [5.74, 6) is -0.186. The highest BCUT2D eigenvalue weighted by molar-refractivity contribution is 6.10. The van der Waals surface area contributed by atoms with E-state index in [-0.39, 0.29) is 30.1 Å². The van der Waals surface area contributed by atoms with Crippen molar-refractivity contribution in [3.63, 3.8) is 0 Å². The van der Waals surface area contributed by atoms with Gasteiger partial charge in [-0.25, -0.2) is 0 Å². The molecule has 2 atom stereocenters. The fourth-order valence-electron chi connectivity index (χ4n) is 4.15. The molecule has 0 bridgehead atoms. The van der Waals surface area contributed by atoms with E-state index in [4.69, 9.17) is 0 Å². The number of hydrogen-bond acceptors (Lipinski definition) is 4. The van der Waals surface area contributed by atoms with Gasteiger partial charge in [0.05, 0.1) is 6.04 Å². The van der Waals surface area contributed by atoms with Crippen molar-refractivity contribution in [3.8, 4) is 0 Å². The summed E-state index contributed by atoms with van der Waals surface area (Å²) >= 11 is 0. The molecule has 2 unspecified atom stereocenters. The van der Waals surface area contributed by atoms with Crippen LogP contribution in [0.5, 0.6) is 0 Å². The lowest BCUT2D eigenvalue weighted by Crippen LogP contribution is -2.65. The van der Waals surface area contributed by atoms with Crippen molar-refractivity contribution in [2.24, 2.45) is 5.10 Å². The topological polar surface area (TPSA) is 53.0 Å². The van der Waals surface area contributed by atoms with Gasteiger partial charge in [0.25, 0.3) is 5.91 Å². The van der Waals surface area contributed by atoms with Crippen LogP contribution in [-0.2, 0) is 9.59 Å². The van der Waals surface area contributed by atoms with Crippen LogP contribution in [0.3, 0.4) is 0 Å². The van der Waals surface area contributed by atoms with Crippen LogP contribution in [0.1, 0.15) is 30.4 Å². The lowest BCUT2D eigenvalue weighted by atomic mass is 9.82. The number of rotatable bonds is 4. The Bertz CT molecular complexity index is 811. The molecule has 1 saturated heterocycles. The van der Waals surface area contributed by atoms with Gasteiger partial charge in [0.1, 0.15) is 0 Å². The van der Waals surface area contributed by atoms with Gasteiger partial charge in [-0.2, -0.15) is 5.10 Å². The van der Waals surface area contributed by atoms with E-state index in [2.05, 4.69) is 29.4 Å². The first-order valence-electron chi connectivity index (χ1n) is 9.43. The van der Waals surface area contributed by atoms with Gasteiger partial charge in [-0.15, -0.1) is 0 Å². The number of Topliss-reactive ketones (excluding diaryl/α,β-unsaturated/α-hetero) is 1. The first-order chi connectivity index (χ1) is 13.2. The summed E-state index contributed by atoms with van der Waals surface area (Å²) in [4.78, 5) is 27.2. The summed E-state index contributed by atoms with van der Waals surface area (Å²) < 4.78 is 0. The molecule has 4 rings (SSSR count). The molecule has 5 nitrogen and oxygen atoms in total. The molecule has 2 aliphatic rings. The summed E-state index contributed by atoms with van der Waals surface area (Å²) in [6.07, 6.45) is 1.85. The van der Waals surface area contributed by atoms with Crippen molar-refractivity contribution in [2.45, 2.75) is 31.3 Å². The molecule has 1 amide bonds. The minimum atomic E-state index is -0.802. The zero-order valence-corrected chi connectivity index (χ0v) is 15.4. The minimum Gasteiger partial charge on any atom is -0.339 e. The van der Waals surface area contributed by atoms with Crippen LogP contribution in [0.2, 0.25) is 0 Å². The average Bonchev–Trinajstić information content (AvgIpc) is 2.71. The van der Waals surface area contributed by atoms with Crippen LogP contribution in [0.15, 0.2) is 65.8 Å². The van der Waals surface area contributed by atoms with Crippen LogP contribution in [0, 0.1) is 0 Å². The predicted octanol–water partition coefficient (Wildman–Crippen LogP) is 2.68. The Morgan fingerprint density at radius 2 is 1.59 bits per heavy atom. The van der Waals surface area contributed by atoms with E-state index in [9.17, 15) is 9.59 Å². The minimum absolute atomic E-state index is 0.0140. The zero-order valence-electron chi connectivity index (χ0n) is 15.4. The molecule has 0 saturated carbocycles. The fourth-order valence-corrected chi connectivity index (χ4v) is 4.15. The van der Waals surface area contributed by atoms with E-state index in [0.29, 0.717) is 13.1 Å².